The zero-order valence-electron chi connectivity index (χ0n) is 6.93. The fraction of sp³-hybridized carbons (Fsp3) is 0.125. The Morgan fingerprint density at radius 2 is 2.15 bits per heavy atom. The van der Waals surface area contributed by atoms with Gasteiger partial charge in [0.25, 0.3) is 0 Å². The monoisotopic (exact) mass is 193 g/mol. The van der Waals surface area contributed by atoms with Crippen molar-refractivity contribution >= 4 is 11.3 Å². The Hall–Kier alpha value is -1.49. The van der Waals surface area contributed by atoms with Gasteiger partial charge in [-0.1, -0.05) is 11.3 Å². The Morgan fingerprint density at radius 3 is 2.77 bits per heavy atom. The molecule has 0 atom stereocenters. The average molecular weight is 193 g/mol. The number of nitrogens with zero attached hydrogens (tertiary/aromatic N) is 3. The normalized spacial score (nSPS) is 10.2. The van der Waals surface area contributed by atoms with E-state index in [4.69, 9.17) is 0 Å². The van der Waals surface area contributed by atoms with Gasteiger partial charge in [0.15, 0.2) is 0 Å². The van der Waals surface area contributed by atoms with Gasteiger partial charge in [-0.25, -0.2) is 0 Å². The number of aryl methyl sites for hydroxylation is 1. The summed E-state index contributed by atoms with van der Waals surface area (Å²) in [7, 11) is 0. The van der Waals surface area contributed by atoms with Crippen molar-refractivity contribution in [3.8, 4) is 16.3 Å². The van der Waals surface area contributed by atoms with E-state index in [0.717, 1.165) is 15.6 Å². The number of rotatable bonds is 1. The van der Waals surface area contributed by atoms with Crippen LogP contribution in [0.2, 0.25) is 0 Å². The van der Waals surface area contributed by atoms with Gasteiger partial charge in [-0.2, -0.15) is 0 Å². The molecule has 2 aromatic heterocycles. The quantitative estimate of drug-likeness (QED) is 0.747. The molecule has 66 valence electrons. The second-order valence-corrected chi connectivity index (χ2v) is 3.74. The number of hydrogen-bond acceptors (Lipinski definition) is 5. The minimum absolute atomic E-state index is 0.144. The van der Waals surface area contributed by atoms with Crippen LogP contribution in [0.3, 0.4) is 0 Å². The molecule has 0 radical (unpaired) electrons. The largest absolute Gasteiger partial charge is 0.506 e. The van der Waals surface area contributed by atoms with Gasteiger partial charge in [0.05, 0.1) is 6.20 Å². The third-order valence-corrected chi connectivity index (χ3v) is 2.38. The summed E-state index contributed by atoms with van der Waals surface area (Å²) in [5.74, 6) is 0.144. The first kappa shape index (κ1) is 8.12. The molecular weight excluding hydrogens is 186 g/mol. The van der Waals surface area contributed by atoms with Crippen LogP contribution in [0.25, 0.3) is 10.6 Å². The number of hydrogen-bond donors (Lipinski definition) is 1. The fourth-order valence-electron chi connectivity index (χ4n) is 0.958. The van der Waals surface area contributed by atoms with Crippen LogP contribution in [-0.4, -0.2) is 20.3 Å². The van der Waals surface area contributed by atoms with E-state index < -0.39 is 0 Å². The zero-order valence-corrected chi connectivity index (χ0v) is 7.75. The Balaban J connectivity index is 2.46. The summed E-state index contributed by atoms with van der Waals surface area (Å²) in [5.41, 5.74) is 0.797. The van der Waals surface area contributed by atoms with Gasteiger partial charge in [0.2, 0.25) is 0 Å². The molecule has 4 nitrogen and oxygen atoms in total. The summed E-state index contributed by atoms with van der Waals surface area (Å²) in [6, 6.07) is 1.62. The van der Waals surface area contributed by atoms with E-state index in [1.165, 1.54) is 17.5 Å². The van der Waals surface area contributed by atoms with Gasteiger partial charge < -0.3 is 5.11 Å². The SMILES string of the molecule is Cc1nnc(-c2cncc(O)c2)s1. The molecular formula is C8H7N3OS. The average Bonchev–Trinajstić information content (AvgIpc) is 2.52. The van der Waals surface area contributed by atoms with Crippen LogP contribution < -0.4 is 0 Å². The lowest BCUT2D eigenvalue weighted by Gasteiger charge is -1.94. The predicted molar refractivity (Wildman–Crippen MR) is 49.5 cm³/mol. The summed E-state index contributed by atoms with van der Waals surface area (Å²) in [5, 5.41) is 18.7. The molecule has 0 spiro atoms. The smallest absolute Gasteiger partial charge is 0.149 e. The van der Waals surface area contributed by atoms with Crippen molar-refractivity contribution in [3.63, 3.8) is 0 Å². The molecule has 0 amide bonds. The highest BCUT2D eigenvalue weighted by Gasteiger charge is 2.04. The minimum Gasteiger partial charge on any atom is -0.506 e. The van der Waals surface area contributed by atoms with E-state index >= 15 is 0 Å². The molecule has 13 heavy (non-hydrogen) atoms. The van der Waals surface area contributed by atoms with Crippen molar-refractivity contribution in [2.75, 3.05) is 0 Å². The molecule has 0 aliphatic heterocycles. The van der Waals surface area contributed by atoms with E-state index in [-0.39, 0.29) is 5.75 Å². The Kier molecular flexibility index (Phi) is 1.94. The summed E-state index contributed by atoms with van der Waals surface area (Å²) < 4.78 is 0. The molecule has 0 saturated carbocycles. The standard InChI is InChI=1S/C8H7N3OS/c1-5-10-11-8(13-5)6-2-7(12)4-9-3-6/h2-4,12H,1H3. The highest BCUT2D eigenvalue weighted by atomic mass is 32.1. The van der Waals surface area contributed by atoms with Crippen LogP contribution in [0.4, 0.5) is 0 Å². The summed E-state index contributed by atoms with van der Waals surface area (Å²) in [4.78, 5) is 3.86. The first-order chi connectivity index (χ1) is 6.25. The second kappa shape index (κ2) is 3.10. The Bertz CT molecular complexity index is 427. The number of pyridine rings is 1. The van der Waals surface area contributed by atoms with Crippen LogP contribution in [0.15, 0.2) is 18.5 Å². The first-order valence-corrected chi connectivity index (χ1v) is 4.52. The van der Waals surface area contributed by atoms with E-state index in [0.29, 0.717) is 0 Å². The summed E-state index contributed by atoms with van der Waals surface area (Å²) >= 11 is 1.48. The Morgan fingerprint density at radius 1 is 1.31 bits per heavy atom. The van der Waals surface area contributed by atoms with Crippen molar-refractivity contribution in [3.05, 3.63) is 23.5 Å². The molecule has 0 aromatic carbocycles. The van der Waals surface area contributed by atoms with Crippen molar-refractivity contribution in [1.29, 1.82) is 0 Å². The van der Waals surface area contributed by atoms with Crippen molar-refractivity contribution in [1.82, 2.24) is 15.2 Å². The lowest BCUT2D eigenvalue weighted by Crippen LogP contribution is -1.78. The third-order valence-electron chi connectivity index (χ3n) is 1.50. The first-order valence-electron chi connectivity index (χ1n) is 3.70. The molecule has 0 unspecified atom stereocenters. The van der Waals surface area contributed by atoms with Gasteiger partial charge in [0.1, 0.15) is 15.8 Å². The Labute approximate surface area is 78.9 Å². The third kappa shape index (κ3) is 1.65. The van der Waals surface area contributed by atoms with E-state index in [2.05, 4.69) is 15.2 Å². The van der Waals surface area contributed by atoms with E-state index in [9.17, 15) is 5.11 Å². The molecule has 0 fully saturated rings. The van der Waals surface area contributed by atoms with Crippen LogP contribution in [0.1, 0.15) is 5.01 Å². The molecule has 0 bridgehead atoms. The predicted octanol–water partition coefficient (Wildman–Crippen LogP) is 1.61. The zero-order chi connectivity index (χ0) is 9.26. The van der Waals surface area contributed by atoms with Crippen LogP contribution in [0, 0.1) is 6.92 Å². The maximum absolute atomic E-state index is 9.18. The molecule has 0 aliphatic carbocycles. The van der Waals surface area contributed by atoms with Crippen LogP contribution >= 0.6 is 11.3 Å². The van der Waals surface area contributed by atoms with Crippen molar-refractivity contribution in [2.45, 2.75) is 6.92 Å². The molecule has 2 aromatic rings. The minimum atomic E-state index is 0.144. The van der Waals surface area contributed by atoms with Gasteiger partial charge in [0, 0.05) is 11.8 Å². The summed E-state index contributed by atoms with van der Waals surface area (Å²) in [6.07, 6.45) is 3.04. The van der Waals surface area contributed by atoms with Gasteiger partial charge in [-0.3, -0.25) is 4.98 Å². The van der Waals surface area contributed by atoms with E-state index in [1.54, 1.807) is 12.3 Å². The molecule has 2 rings (SSSR count). The molecule has 0 saturated heterocycles. The number of aromatic nitrogens is 3. The van der Waals surface area contributed by atoms with E-state index in [1.807, 2.05) is 6.92 Å². The van der Waals surface area contributed by atoms with Crippen molar-refractivity contribution in [2.24, 2.45) is 0 Å². The maximum atomic E-state index is 9.18. The van der Waals surface area contributed by atoms with Crippen LogP contribution in [0.5, 0.6) is 5.75 Å². The second-order valence-electron chi connectivity index (χ2n) is 2.56. The maximum Gasteiger partial charge on any atom is 0.149 e. The molecule has 2 heterocycles. The molecule has 5 heteroatoms. The fourth-order valence-corrected chi connectivity index (χ4v) is 1.63. The summed E-state index contributed by atoms with van der Waals surface area (Å²) in [6.45, 7) is 1.89. The van der Waals surface area contributed by atoms with Gasteiger partial charge in [-0.05, 0) is 13.0 Å². The van der Waals surface area contributed by atoms with Crippen molar-refractivity contribution < 1.29 is 5.11 Å². The molecule has 1 N–H and O–H groups in total. The highest BCUT2D eigenvalue weighted by molar-refractivity contribution is 7.14. The van der Waals surface area contributed by atoms with Gasteiger partial charge >= 0.3 is 0 Å². The molecule has 0 aliphatic rings. The number of aromatic hydroxyl groups is 1. The topological polar surface area (TPSA) is 58.9 Å². The highest BCUT2D eigenvalue weighted by Crippen LogP contribution is 2.24. The lowest BCUT2D eigenvalue weighted by atomic mass is 10.3. The lowest BCUT2D eigenvalue weighted by molar-refractivity contribution is 0.473. The van der Waals surface area contributed by atoms with Crippen LogP contribution in [-0.2, 0) is 0 Å². The van der Waals surface area contributed by atoms with Gasteiger partial charge in [-0.15, -0.1) is 10.2 Å².